The van der Waals surface area contributed by atoms with Gasteiger partial charge in [0, 0.05) is 24.9 Å². The summed E-state index contributed by atoms with van der Waals surface area (Å²) in [7, 11) is 2.74. The topological polar surface area (TPSA) is 80.6 Å². The van der Waals surface area contributed by atoms with Gasteiger partial charge in [0.25, 0.3) is 0 Å². The van der Waals surface area contributed by atoms with Crippen LogP contribution in [0.25, 0.3) is 10.8 Å². The van der Waals surface area contributed by atoms with Gasteiger partial charge < -0.3 is 9.47 Å². The molecule has 0 atom stereocenters. The largest absolute Gasteiger partial charge is 0.497 e. The first kappa shape index (κ1) is 19.8. The van der Waals surface area contributed by atoms with Crippen LogP contribution in [0.2, 0.25) is 0 Å². The number of ether oxygens (including phenoxy) is 2. The molecule has 7 nitrogen and oxygen atoms in total. The van der Waals surface area contributed by atoms with E-state index in [9.17, 15) is 8.42 Å². The SMILES string of the molecule is COc1ccc2c(N=Nc3ccc(S(=O)(=O)N(C)C)cc3)ccc(OC)c2c1. The molecular weight excluding hydrogens is 378 g/mol. The maximum Gasteiger partial charge on any atom is 0.242 e. The van der Waals surface area contributed by atoms with Gasteiger partial charge in [0.05, 0.1) is 30.5 Å². The van der Waals surface area contributed by atoms with Crippen molar-refractivity contribution in [3.05, 3.63) is 54.6 Å². The van der Waals surface area contributed by atoms with E-state index in [2.05, 4.69) is 10.2 Å². The van der Waals surface area contributed by atoms with Crippen molar-refractivity contribution in [2.75, 3.05) is 28.3 Å². The third kappa shape index (κ3) is 3.83. The number of sulfonamides is 1. The Morgan fingerprint density at radius 1 is 0.821 bits per heavy atom. The first-order valence-corrected chi connectivity index (χ1v) is 9.90. The molecule has 3 aromatic rings. The van der Waals surface area contributed by atoms with Crippen molar-refractivity contribution in [3.63, 3.8) is 0 Å². The quantitative estimate of drug-likeness (QED) is 0.571. The average molecular weight is 399 g/mol. The Kier molecular flexibility index (Phi) is 5.62. The summed E-state index contributed by atoms with van der Waals surface area (Å²) in [6.45, 7) is 0. The standard InChI is InChI=1S/C20H21N3O4S/c1-23(2)28(24,25)16-8-5-14(6-9-16)21-22-19-11-12-20(27-4)18-13-15(26-3)7-10-17(18)19/h5-13H,1-4H3. The highest BCUT2D eigenvalue weighted by molar-refractivity contribution is 7.89. The van der Waals surface area contributed by atoms with Gasteiger partial charge in [0.2, 0.25) is 10.0 Å². The lowest BCUT2D eigenvalue weighted by Gasteiger charge is -2.11. The van der Waals surface area contributed by atoms with E-state index >= 15 is 0 Å². The molecule has 3 rings (SSSR count). The summed E-state index contributed by atoms with van der Waals surface area (Å²) in [4.78, 5) is 0.207. The van der Waals surface area contributed by atoms with Crippen LogP contribution in [-0.2, 0) is 10.0 Å². The average Bonchev–Trinajstić information content (AvgIpc) is 2.71. The van der Waals surface area contributed by atoms with Gasteiger partial charge in [-0.2, -0.15) is 5.11 Å². The van der Waals surface area contributed by atoms with Crippen molar-refractivity contribution in [2.24, 2.45) is 10.2 Å². The fraction of sp³-hybridized carbons (Fsp3) is 0.200. The molecule has 0 heterocycles. The van der Waals surface area contributed by atoms with Gasteiger partial charge in [0.15, 0.2) is 0 Å². The Balaban J connectivity index is 1.95. The second-order valence-corrected chi connectivity index (χ2v) is 8.33. The molecule has 0 aliphatic carbocycles. The van der Waals surface area contributed by atoms with Crippen molar-refractivity contribution in [1.29, 1.82) is 0 Å². The van der Waals surface area contributed by atoms with Crippen LogP contribution in [0.3, 0.4) is 0 Å². The molecule has 146 valence electrons. The lowest BCUT2D eigenvalue weighted by Crippen LogP contribution is -2.21. The highest BCUT2D eigenvalue weighted by Gasteiger charge is 2.16. The van der Waals surface area contributed by atoms with E-state index in [1.807, 2.05) is 30.3 Å². The van der Waals surface area contributed by atoms with E-state index in [1.165, 1.54) is 30.5 Å². The zero-order chi connectivity index (χ0) is 20.3. The molecule has 0 saturated heterocycles. The number of hydrogen-bond donors (Lipinski definition) is 0. The molecule has 0 N–H and O–H groups in total. The van der Waals surface area contributed by atoms with Gasteiger partial charge in [-0.15, -0.1) is 5.11 Å². The predicted octanol–water partition coefficient (Wildman–Crippen LogP) is 4.52. The summed E-state index contributed by atoms with van der Waals surface area (Å²) in [6.07, 6.45) is 0. The highest BCUT2D eigenvalue weighted by atomic mass is 32.2. The fourth-order valence-electron chi connectivity index (χ4n) is 2.68. The molecule has 0 aromatic heterocycles. The van der Waals surface area contributed by atoms with Gasteiger partial charge in [-0.1, -0.05) is 0 Å². The fourth-order valence-corrected chi connectivity index (χ4v) is 3.59. The molecule has 0 radical (unpaired) electrons. The van der Waals surface area contributed by atoms with E-state index < -0.39 is 10.0 Å². The van der Waals surface area contributed by atoms with Gasteiger partial charge >= 0.3 is 0 Å². The van der Waals surface area contributed by atoms with E-state index in [4.69, 9.17) is 9.47 Å². The van der Waals surface area contributed by atoms with Crippen molar-refractivity contribution in [1.82, 2.24) is 4.31 Å². The van der Waals surface area contributed by atoms with E-state index in [0.29, 0.717) is 17.1 Å². The van der Waals surface area contributed by atoms with Gasteiger partial charge in [-0.25, -0.2) is 12.7 Å². The third-order valence-electron chi connectivity index (χ3n) is 4.27. The Labute approximate surface area is 164 Å². The smallest absolute Gasteiger partial charge is 0.242 e. The Bertz CT molecular complexity index is 1120. The van der Waals surface area contributed by atoms with Crippen LogP contribution in [0.5, 0.6) is 11.5 Å². The summed E-state index contributed by atoms with van der Waals surface area (Å²) in [5, 5.41) is 10.3. The predicted molar refractivity (Wildman–Crippen MR) is 109 cm³/mol. The number of fused-ring (bicyclic) bond motifs is 1. The second kappa shape index (κ2) is 7.95. The zero-order valence-electron chi connectivity index (χ0n) is 16.1. The molecule has 0 aliphatic rings. The van der Waals surface area contributed by atoms with Gasteiger partial charge in [-0.3, -0.25) is 0 Å². The summed E-state index contributed by atoms with van der Waals surface area (Å²) >= 11 is 0. The Morgan fingerprint density at radius 3 is 2.14 bits per heavy atom. The number of azo groups is 1. The van der Waals surface area contributed by atoms with Crippen LogP contribution in [0.15, 0.2) is 69.7 Å². The summed E-state index contributed by atoms with van der Waals surface area (Å²) in [6, 6.07) is 15.5. The first-order valence-electron chi connectivity index (χ1n) is 8.46. The normalized spacial score (nSPS) is 12.0. The molecule has 0 amide bonds. The maximum atomic E-state index is 12.1. The van der Waals surface area contributed by atoms with Gasteiger partial charge in [0.1, 0.15) is 11.5 Å². The molecule has 3 aromatic carbocycles. The van der Waals surface area contributed by atoms with Crippen LogP contribution in [0, 0.1) is 0 Å². The molecule has 0 spiro atoms. The number of hydrogen-bond acceptors (Lipinski definition) is 6. The van der Waals surface area contributed by atoms with Crippen molar-refractivity contribution < 1.29 is 17.9 Å². The van der Waals surface area contributed by atoms with E-state index in [1.54, 1.807) is 26.4 Å². The molecule has 0 fully saturated rings. The molecule has 28 heavy (non-hydrogen) atoms. The molecule has 8 heteroatoms. The number of rotatable bonds is 6. The first-order chi connectivity index (χ1) is 13.4. The molecule has 0 unspecified atom stereocenters. The minimum absolute atomic E-state index is 0.207. The number of nitrogens with zero attached hydrogens (tertiary/aromatic N) is 3. The minimum atomic E-state index is -3.47. The minimum Gasteiger partial charge on any atom is -0.497 e. The number of methoxy groups -OCH3 is 2. The summed E-state index contributed by atoms with van der Waals surface area (Å²) in [5.74, 6) is 1.43. The van der Waals surface area contributed by atoms with Crippen LogP contribution in [0.4, 0.5) is 11.4 Å². The maximum absolute atomic E-state index is 12.1. The van der Waals surface area contributed by atoms with Crippen molar-refractivity contribution in [2.45, 2.75) is 4.90 Å². The van der Waals surface area contributed by atoms with Crippen molar-refractivity contribution >= 4 is 32.2 Å². The van der Waals surface area contributed by atoms with Crippen LogP contribution in [-0.4, -0.2) is 41.0 Å². The lowest BCUT2D eigenvalue weighted by atomic mass is 10.1. The van der Waals surface area contributed by atoms with E-state index in [-0.39, 0.29) is 4.90 Å². The summed E-state index contributed by atoms with van der Waals surface area (Å²) < 4.78 is 36.1. The van der Waals surface area contributed by atoms with Gasteiger partial charge in [-0.05, 0) is 54.6 Å². The molecule has 0 saturated carbocycles. The Hall–Kier alpha value is -2.97. The van der Waals surface area contributed by atoms with Crippen LogP contribution < -0.4 is 9.47 Å². The lowest BCUT2D eigenvalue weighted by molar-refractivity contribution is 0.412. The third-order valence-corrected chi connectivity index (χ3v) is 6.10. The molecular formula is C20H21N3O4S. The van der Waals surface area contributed by atoms with Crippen LogP contribution in [0.1, 0.15) is 0 Å². The highest BCUT2D eigenvalue weighted by Crippen LogP contribution is 2.36. The Morgan fingerprint density at radius 2 is 1.54 bits per heavy atom. The summed E-state index contributed by atoms with van der Waals surface area (Å²) in [5.41, 5.74) is 1.22. The zero-order valence-corrected chi connectivity index (χ0v) is 16.9. The monoisotopic (exact) mass is 399 g/mol. The molecule has 0 bridgehead atoms. The second-order valence-electron chi connectivity index (χ2n) is 6.18. The number of benzene rings is 3. The van der Waals surface area contributed by atoms with E-state index in [0.717, 1.165) is 16.5 Å². The van der Waals surface area contributed by atoms with Crippen molar-refractivity contribution in [3.8, 4) is 11.5 Å². The molecule has 0 aliphatic heterocycles. The van der Waals surface area contributed by atoms with Crippen LogP contribution >= 0.6 is 0 Å².